The number of aliphatic hydroxyl groups is 16. The van der Waals surface area contributed by atoms with E-state index >= 15 is 0 Å². The topological polar surface area (TPSA) is 508 Å². The van der Waals surface area contributed by atoms with Crippen molar-refractivity contribution in [2.24, 2.45) is 35.5 Å². The van der Waals surface area contributed by atoms with E-state index in [1.807, 2.05) is 24.3 Å². The molecule has 2 aromatic carbocycles. The normalized spacial score (nSPS) is 37.3. The lowest BCUT2D eigenvalue weighted by Crippen LogP contribution is -2.64. The lowest BCUT2D eigenvalue weighted by atomic mass is 9.73. The molecule has 4 aliphatic heterocycles. The van der Waals surface area contributed by atoms with Crippen LogP contribution in [0.5, 0.6) is 11.5 Å². The van der Waals surface area contributed by atoms with Crippen LogP contribution in [0.25, 0.3) is 0 Å². The van der Waals surface area contributed by atoms with Gasteiger partial charge in [-0.2, -0.15) is 0 Å². The molecule has 0 aromatic heterocycles. The number of nitrogens with one attached hydrogen (secondary N) is 2. The zero-order valence-electron chi connectivity index (χ0n) is 60.6. The minimum atomic E-state index is -1.58. The number of aliphatic hydroxyl groups excluding tert-OH is 16. The van der Waals surface area contributed by atoms with E-state index in [9.17, 15) is 101 Å². The Bertz CT molecular complexity index is 3100. The van der Waals surface area contributed by atoms with Crippen molar-refractivity contribution in [2.45, 2.75) is 290 Å². The van der Waals surface area contributed by atoms with Crippen LogP contribution in [0.4, 0.5) is 0 Å². The third-order valence-electron chi connectivity index (χ3n) is 22.6. The van der Waals surface area contributed by atoms with Crippen LogP contribution in [0.15, 0.2) is 36.4 Å². The summed E-state index contributed by atoms with van der Waals surface area (Å²) in [4.78, 5) is 49.4. The van der Waals surface area contributed by atoms with E-state index in [2.05, 4.69) is 24.5 Å². The predicted octanol–water partition coefficient (Wildman–Crippen LogP) is -2.38. The monoisotopic (exact) mass is 1510 g/mol. The Balaban J connectivity index is 0.000000245. The molecule has 30 atom stereocenters. The van der Waals surface area contributed by atoms with Gasteiger partial charge in [0, 0.05) is 13.8 Å². The van der Waals surface area contributed by atoms with E-state index < -0.39 is 204 Å². The Morgan fingerprint density at radius 1 is 0.481 bits per heavy atom. The maximum absolute atomic E-state index is 13.0. The van der Waals surface area contributed by atoms with Gasteiger partial charge in [-0.3, -0.25) is 9.59 Å². The summed E-state index contributed by atoms with van der Waals surface area (Å²) in [6.07, 6.45) is -13.9. The zero-order valence-corrected chi connectivity index (χ0v) is 60.6. The summed E-state index contributed by atoms with van der Waals surface area (Å²) in [7, 11) is 0. The maximum atomic E-state index is 13.0. The van der Waals surface area contributed by atoms with E-state index in [4.69, 9.17) is 47.4 Å². The van der Waals surface area contributed by atoms with E-state index in [0.29, 0.717) is 88.5 Å². The van der Waals surface area contributed by atoms with Crippen molar-refractivity contribution in [3.8, 4) is 11.5 Å². The number of carbonyl (C=O) groups excluding carboxylic acids is 4. The summed E-state index contributed by atoms with van der Waals surface area (Å²) in [5, 5.41) is 169. The first kappa shape index (κ1) is 85.0. The van der Waals surface area contributed by atoms with Crippen LogP contribution < -0.4 is 20.1 Å². The lowest BCUT2D eigenvalue weighted by Gasteiger charge is -2.41. The van der Waals surface area contributed by atoms with E-state index in [0.717, 1.165) is 60.8 Å². The third kappa shape index (κ3) is 21.0. The molecule has 0 spiro atoms. The number of rotatable bonds is 32. The average molecular weight is 1510 g/mol. The van der Waals surface area contributed by atoms with Crippen LogP contribution in [0.3, 0.4) is 0 Å². The largest absolute Gasteiger partial charge is 0.482 e. The van der Waals surface area contributed by atoms with Crippen molar-refractivity contribution in [1.29, 1.82) is 0 Å². The van der Waals surface area contributed by atoms with Crippen molar-refractivity contribution in [2.75, 3.05) is 39.6 Å². The molecule has 18 N–H and O–H groups in total. The quantitative estimate of drug-likeness (QED) is 0.0269. The second kappa shape index (κ2) is 39.8. The highest BCUT2D eigenvalue weighted by Gasteiger charge is 2.53. The molecule has 8 aliphatic rings. The number of unbranched alkanes of at least 4 members (excludes halogenated alkanes) is 4. The second-order valence-corrected chi connectivity index (χ2v) is 29.9. The van der Waals surface area contributed by atoms with Crippen LogP contribution in [0.1, 0.15) is 140 Å². The Morgan fingerprint density at radius 2 is 0.906 bits per heavy atom. The van der Waals surface area contributed by atoms with Gasteiger partial charge < -0.3 is 140 Å². The van der Waals surface area contributed by atoms with Gasteiger partial charge in [0.15, 0.2) is 25.8 Å². The summed E-state index contributed by atoms with van der Waals surface area (Å²) in [6, 6.07) is 8.59. The number of amides is 2. The average Bonchev–Trinajstić information content (AvgIpc) is 1.61. The summed E-state index contributed by atoms with van der Waals surface area (Å²) in [5.74, 6) is -1.38. The van der Waals surface area contributed by atoms with Crippen molar-refractivity contribution in [3.63, 3.8) is 0 Å². The molecule has 2 aromatic rings. The molecule has 10 rings (SSSR count). The van der Waals surface area contributed by atoms with Gasteiger partial charge in [-0.25, -0.2) is 9.59 Å². The van der Waals surface area contributed by atoms with E-state index in [1.165, 1.54) is 13.8 Å². The smallest absolute Gasteiger partial charge is 0.346 e. The minimum absolute atomic E-state index is 0.0246. The maximum Gasteiger partial charge on any atom is 0.346 e. The first-order chi connectivity index (χ1) is 50.7. The highest BCUT2D eigenvalue weighted by molar-refractivity contribution is 5.75. The SMILES string of the molecule is CCCCC[C@@H](O)CC[C@H]1[C@@H]2Cc3cccc(OCC(=O)OC4O[C@H](CO)[C@@H](O)[C@H](O)[C@H]4NC(C)=O)c3C[C@@H]2C[C@@H]1O[C@@H]1O[C@H](CO)[C@H](O)[C@H](O)[C@H]1O.CCCCC[C@H](CC[C@H]1[C@@H]2Cc3cccc(OCC(=O)OC4O[C@H](CO)[C@@H](O)[C@H](O)[C@H]4NC(C)=O)c3C[C@@H]2C[C@@H]1O)O[C@@H]1O[C@H](CO)[C@H](O)[C@H](O)[C@H]1O. The number of hydrogen-bond donors (Lipinski definition) is 18. The Kier molecular flexibility index (Phi) is 31.9. The molecule has 106 heavy (non-hydrogen) atoms. The molecule has 0 bridgehead atoms. The van der Waals surface area contributed by atoms with Gasteiger partial charge in [0.05, 0.1) is 50.8 Å². The van der Waals surface area contributed by atoms with Crippen LogP contribution >= 0.6 is 0 Å². The number of benzene rings is 2. The summed E-state index contributed by atoms with van der Waals surface area (Å²) in [5.41, 5.74) is 3.89. The highest BCUT2D eigenvalue weighted by Crippen LogP contribution is 2.52. The third-order valence-corrected chi connectivity index (χ3v) is 22.6. The number of fused-ring (bicyclic) bond motifs is 4. The fraction of sp³-hybridized carbons (Fsp3) is 0.784. The molecule has 6 fully saturated rings. The predicted molar refractivity (Wildman–Crippen MR) is 368 cm³/mol. The minimum Gasteiger partial charge on any atom is -0.482 e. The molecule has 32 nitrogen and oxygen atoms in total. The first-order valence-electron chi connectivity index (χ1n) is 37.7. The first-order valence-corrected chi connectivity index (χ1v) is 37.7. The van der Waals surface area contributed by atoms with Crippen molar-refractivity contribution in [1.82, 2.24) is 10.6 Å². The molecule has 0 radical (unpaired) electrons. The van der Waals surface area contributed by atoms with Gasteiger partial charge in [-0.1, -0.05) is 76.6 Å². The van der Waals surface area contributed by atoms with Gasteiger partial charge in [0.2, 0.25) is 24.4 Å². The molecule has 2 saturated carbocycles. The number of esters is 2. The fourth-order valence-electron chi connectivity index (χ4n) is 16.9. The molecular weight excluding hydrogens is 1400 g/mol. The molecule has 4 aliphatic carbocycles. The molecule has 2 unspecified atom stereocenters. The van der Waals surface area contributed by atoms with E-state index in [1.54, 1.807) is 12.1 Å². The molecular formula is C74H114N2O30. The molecule has 600 valence electrons. The van der Waals surface area contributed by atoms with Crippen LogP contribution in [0.2, 0.25) is 0 Å². The van der Waals surface area contributed by atoms with Crippen molar-refractivity contribution in [3.05, 3.63) is 58.7 Å². The van der Waals surface area contributed by atoms with Crippen LogP contribution in [0, 0.1) is 35.5 Å². The second-order valence-electron chi connectivity index (χ2n) is 29.9. The van der Waals surface area contributed by atoms with Gasteiger partial charge in [-0.15, -0.1) is 0 Å². The van der Waals surface area contributed by atoms with Crippen LogP contribution in [-0.2, 0) is 82.8 Å². The molecule has 4 saturated heterocycles. The van der Waals surface area contributed by atoms with Crippen LogP contribution in [-0.4, -0.2) is 292 Å². The Morgan fingerprint density at radius 3 is 1.38 bits per heavy atom. The summed E-state index contributed by atoms with van der Waals surface area (Å²) in [6.45, 7) is 3.10. The number of ether oxygens (including phenoxy) is 10. The van der Waals surface area contributed by atoms with Crippen molar-refractivity contribution >= 4 is 23.8 Å². The van der Waals surface area contributed by atoms with Gasteiger partial charge >= 0.3 is 11.9 Å². The lowest BCUT2D eigenvalue weighted by molar-refractivity contribution is -0.314. The van der Waals surface area contributed by atoms with Crippen molar-refractivity contribution < 1.29 is 148 Å². The Labute approximate surface area is 616 Å². The molecule has 2 amide bonds. The molecule has 4 heterocycles. The van der Waals surface area contributed by atoms with Gasteiger partial charge in [0.25, 0.3) is 0 Å². The zero-order chi connectivity index (χ0) is 76.8. The van der Waals surface area contributed by atoms with Gasteiger partial charge in [-0.05, 0) is 147 Å². The summed E-state index contributed by atoms with van der Waals surface area (Å²) < 4.78 is 57.6. The Hall–Kier alpha value is -4.96. The number of hydrogen-bond acceptors (Lipinski definition) is 30. The van der Waals surface area contributed by atoms with E-state index in [-0.39, 0.29) is 41.6 Å². The van der Waals surface area contributed by atoms with Gasteiger partial charge in [0.1, 0.15) is 109 Å². The number of carbonyl (C=O) groups is 4. The molecule has 32 heteroatoms. The fourth-order valence-corrected chi connectivity index (χ4v) is 16.9. The standard InChI is InChI=1S/2C37H57NO15/c1-3-4-5-8-21(50-37-35(48)34(47)32(45)28(16-40)52-37)10-11-22-23-12-19-7-6-9-26(24(19)13-20(23)14-25(22)42)49-17-29(43)53-36-30(38-18(2)41)33(46)31(44)27(15-39)51-36;1-3-4-5-8-21(42)10-11-22-23-12-19-7-6-9-25(49-17-29(43)53-36-30(38-18(2)41)33(46)31(44)27(15-39)51-36)24(19)13-20(23)14-26(22)50-37-35(48)34(47)32(45)28(16-40)52-37/h6-7,9,20-23,25,27-28,30-37,39-40,42,44-48H,3-5,8,10-17H2,1-2H3,(H,38,41);6-7,9,20-23,26-28,30-37,39-40,42,44-48H,3-5,8,10-17H2,1-2H3,(H,38,41)/t20-,21-,22+,23-,25+,27-,28-,30-,31-,32+,33-,34+,35-,36?,37-;20-,21-,22+,23-,26+,27-,28-,30-,31-,32+,33-,34+,35-,36?,37-/m11/s1. The highest BCUT2D eigenvalue weighted by atomic mass is 16.7. The summed E-state index contributed by atoms with van der Waals surface area (Å²) >= 11 is 0.